The smallest absolute Gasteiger partial charge is 0.322 e. The summed E-state index contributed by atoms with van der Waals surface area (Å²) in [7, 11) is 0. The standard InChI is InChI=1S/C24H21ClN2O2/c25-19-10-11-22(28)21(16-19)23-20-9-5-4-8-18(20)13-15-27(23)24(29)26-14-12-17-6-2-1-3-7-17/h1-12,14,16,23,28H,13,15H2,(H,26,29). The monoisotopic (exact) mass is 404 g/mol. The van der Waals surface area contributed by atoms with Gasteiger partial charge in [-0.25, -0.2) is 4.79 Å². The SMILES string of the molecule is O=C(NC=Cc1ccccc1)N1CCc2ccccc2C1c1cc(Cl)ccc1O. The third-order valence-corrected chi connectivity index (χ3v) is 5.35. The van der Waals surface area contributed by atoms with Gasteiger partial charge in [-0.2, -0.15) is 0 Å². The molecule has 1 aliphatic rings. The zero-order valence-corrected chi connectivity index (χ0v) is 16.5. The first-order chi connectivity index (χ1) is 14.1. The van der Waals surface area contributed by atoms with Gasteiger partial charge in [0.25, 0.3) is 0 Å². The number of carbonyl (C=O) groups is 1. The molecule has 0 radical (unpaired) electrons. The molecule has 2 N–H and O–H groups in total. The number of fused-ring (bicyclic) bond motifs is 1. The number of phenols is 1. The molecule has 2 amide bonds. The fraction of sp³-hybridized carbons (Fsp3) is 0.125. The van der Waals surface area contributed by atoms with E-state index < -0.39 is 6.04 Å². The predicted octanol–water partition coefficient (Wildman–Crippen LogP) is 5.37. The number of rotatable bonds is 3. The van der Waals surface area contributed by atoms with Crippen molar-refractivity contribution >= 4 is 23.7 Å². The molecule has 0 spiro atoms. The van der Waals surface area contributed by atoms with E-state index in [0.29, 0.717) is 17.1 Å². The zero-order chi connectivity index (χ0) is 20.2. The normalized spacial score (nSPS) is 15.9. The molecule has 1 unspecified atom stereocenters. The van der Waals surface area contributed by atoms with Gasteiger partial charge in [0.15, 0.2) is 0 Å². The highest BCUT2D eigenvalue weighted by Gasteiger charge is 2.33. The molecule has 1 heterocycles. The Morgan fingerprint density at radius 2 is 1.79 bits per heavy atom. The summed E-state index contributed by atoms with van der Waals surface area (Å²) in [5.41, 5.74) is 3.78. The molecule has 29 heavy (non-hydrogen) atoms. The van der Waals surface area contributed by atoms with Crippen molar-refractivity contribution < 1.29 is 9.90 Å². The lowest BCUT2D eigenvalue weighted by molar-refractivity contribution is 0.183. The molecule has 146 valence electrons. The van der Waals surface area contributed by atoms with Gasteiger partial charge in [-0.1, -0.05) is 66.2 Å². The number of nitrogens with zero attached hydrogens (tertiary/aromatic N) is 1. The summed E-state index contributed by atoms with van der Waals surface area (Å²) in [6.45, 7) is 0.540. The van der Waals surface area contributed by atoms with Crippen molar-refractivity contribution in [2.75, 3.05) is 6.54 Å². The van der Waals surface area contributed by atoms with Crippen LogP contribution in [0.5, 0.6) is 5.75 Å². The number of urea groups is 1. The number of benzene rings is 3. The maximum absolute atomic E-state index is 13.0. The largest absolute Gasteiger partial charge is 0.508 e. The number of halogens is 1. The second kappa shape index (κ2) is 8.41. The Kier molecular flexibility index (Phi) is 5.54. The van der Waals surface area contributed by atoms with Crippen LogP contribution in [0.15, 0.2) is 79.0 Å². The van der Waals surface area contributed by atoms with E-state index in [1.54, 1.807) is 29.3 Å². The Labute approximate surface area is 175 Å². The highest BCUT2D eigenvalue weighted by atomic mass is 35.5. The van der Waals surface area contributed by atoms with Gasteiger partial charge < -0.3 is 15.3 Å². The number of amides is 2. The first-order valence-electron chi connectivity index (χ1n) is 9.48. The van der Waals surface area contributed by atoms with E-state index in [-0.39, 0.29) is 11.8 Å². The minimum atomic E-state index is -0.413. The van der Waals surface area contributed by atoms with E-state index >= 15 is 0 Å². The van der Waals surface area contributed by atoms with Crippen LogP contribution in [0.25, 0.3) is 6.08 Å². The first kappa shape index (κ1) is 19.1. The lowest BCUT2D eigenvalue weighted by atomic mass is 9.88. The fourth-order valence-corrected chi connectivity index (χ4v) is 3.90. The van der Waals surface area contributed by atoms with E-state index in [1.807, 2.05) is 54.6 Å². The van der Waals surface area contributed by atoms with Crippen LogP contribution in [-0.4, -0.2) is 22.6 Å². The number of hydrogen-bond acceptors (Lipinski definition) is 2. The van der Waals surface area contributed by atoms with Crippen LogP contribution in [0.4, 0.5) is 4.79 Å². The van der Waals surface area contributed by atoms with Crippen LogP contribution in [0, 0.1) is 0 Å². The molecule has 0 saturated carbocycles. The Bertz CT molecular complexity index is 1050. The molecule has 1 aliphatic heterocycles. The van der Waals surface area contributed by atoms with Crippen LogP contribution in [0.3, 0.4) is 0 Å². The second-order valence-corrected chi connectivity index (χ2v) is 7.38. The molecular weight excluding hydrogens is 384 g/mol. The third-order valence-electron chi connectivity index (χ3n) is 5.11. The maximum Gasteiger partial charge on any atom is 0.322 e. The van der Waals surface area contributed by atoms with E-state index in [4.69, 9.17) is 11.6 Å². The maximum atomic E-state index is 13.0. The lowest BCUT2D eigenvalue weighted by Crippen LogP contribution is -2.44. The highest BCUT2D eigenvalue weighted by Crippen LogP contribution is 2.39. The van der Waals surface area contributed by atoms with Crippen LogP contribution < -0.4 is 5.32 Å². The molecule has 0 aromatic heterocycles. The summed E-state index contributed by atoms with van der Waals surface area (Å²) in [6.07, 6.45) is 4.25. The average Bonchev–Trinajstić information content (AvgIpc) is 2.75. The molecular formula is C24H21ClN2O2. The van der Waals surface area contributed by atoms with Crippen molar-refractivity contribution in [1.29, 1.82) is 0 Å². The van der Waals surface area contributed by atoms with Gasteiger partial charge in [-0.05, 0) is 47.4 Å². The van der Waals surface area contributed by atoms with Gasteiger partial charge in [-0.3, -0.25) is 0 Å². The second-order valence-electron chi connectivity index (χ2n) is 6.94. The Balaban J connectivity index is 1.65. The van der Waals surface area contributed by atoms with Gasteiger partial charge in [0.05, 0.1) is 6.04 Å². The summed E-state index contributed by atoms with van der Waals surface area (Å²) in [5.74, 6) is 0.119. The van der Waals surface area contributed by atoms with Crippen LogP contribution in [0.1, 0.15) is 28.3 Å². The van der Waals surface area contributed by atoms with E-state index in [0.717, 1.165) is 17.5 Å². The molecule has 0 bridgehead atoms. The number of nitrogens with one attached hydrogen (secondary N) is 1. The van der Waals surface area contributed by atoms with Crippen LogP contribution in [-0.2, 0) is 6.42 Å². The molecule has 0 saturated heterocycles. The van der Waals surface area contributed by atoms with Crippen molar-refractivity contribution in [3.8, 4) is 5.75 Å². The van der Waals surface area contributed by atoms with Crippen molar-refractivity contribution in [2.24, 2.45) is 0 Å². The summed E-state index contributed by atoms with van der Waals surface area (Å²) in [6, 6.07) is 22.1. The minimum absolute atomic E-state index is 0.119. The molecule has 4 nitrogen and oxygen atoms in total. The van der Waals surface area contributed by atoms with Crippen LogP contribution in [0.2, 0.25) is 5.02 Å². The number of carbonyl (C=O) groups excluding carboxylic acids is 1. The third kappa shape index (κ3) is 4.13. The molecule has 3 aromatic carbocycles. The minimum Gasteiger partial charge on any atom is -0.508 e. The van der Waals surface area contributed by atoms with Crippen molar-refractivity contribution in [3.05, 3.63) is 106 Å². The Morgan fingerprint density at radius 1 is 1.03 bits per heavy atom. The van der Waals surface area contributed by atoms with Crippen molar-refractivity contribution in [3.63, 3.8) is 0 Å². The van der Waals surface area contributed by atoms with E-state index in [1.165, 1.54) is 5.56 Å². The Morgan fingerprint density at radius 3 is 2.62 bits per heavy atom. The van der Waals surface area contributed by atoms with Gasteiger partial charge in [-0.15, -0.1) is 0 Å². The molecule has 4 rings (SSSR count). The molecule has 0 aliphatic carbocycles. The van der Waals surface area contributed by atoms with Crippen LogP contribution >= 0.6 is 11.6 Å². The number of phenolic OH excluding ortho intramolecular Hbond substituents is 1. The number of aromatic hydroxyl groups is 1. The van der Waals surface area contributed by atoms with Gasteiger partial charge in [0.2, 0.25) is 0 Å². The van der Waals surface area contributed by atoms with Crippen molar-refractivity contribution in [2.45, 2.75) is 12.5 Å². The quantitative estimate of drug-likeness (QED) is 0.616. The predicted molar refractivity (Wildman–Crippen MR) is 116 cm³/mol. The lowest BCUT2D eigenvalue weighted by Gasteiger charge is -2.37. The first-order valence-corrected chi connectivity index (χ1v) is 9.86. The van der Waals surface area contributed by atoms with E-state index in [9.17, 15) is 9.90 Å². The zero-order valence-electron chi connectivity index (χ0n) is 15.8. The van der Waals surface area contributed by atoms with Gasteiger partial charge in [0.1, 0.15) is 5.75 Å². The molecule has 1 atom stereocenters. The fourth-order valence-electron chi connectivity index (χ4n) is 3.72. The summed E-state index contributed by atoms with van der Waals surface area (Å²) in [4.78, 5) is 14.8. The van der Waals surface area contributed by atoms with Gasteiger partial charge in [0, 0.05) is 23.3 Å². The highest BCUT2D eigenvalue weighted by molar-refractivity contribution is 6.30. The molecule has 0 fully saturated rings. The van der Waals surface area contributed by atoms with Gasteiger partial charge >= 0.3 is 6.03 Å². The molecule has 3 aromatic rings. The summed E-state index contributed by atoms with van der Waals surface area (Å²) >= 11 is 6.20. The number of hydrogen-bond donors (Lipinski definition) is 2. The van der Waals surface area contributed by atoms with Crippen molar-refractivity contribution in [1.82, 2.24) is 10.2 Å². The summed E-state index contributed by atoms with van der Waals surface area (Å²) < 4.78 is 0. The molecule has 5 heteroatoms. The van der Waals surface area contributed by atoms with E-state index in [2.05, 4.69) is 11.4 Å². The average molecular weight is 405 g/mol. The summed E-state index contributed by atoms with van der Waals surface area (Å²) in [5, 5.41) is 13.9. The Hall–Kier alpha value is -3.24. The topological polar surface area (TPSA) is 52.6 Å².